The molecule has 0 aliphatic rings. The van der Waals surface area contributed by atoms with Crippen LogP contribution in [-0.2, 0) is 0 Å². The molecule has 5 heteroatoms. The molecule has 1 aromatic heterocycles. The van der Waals surface area contributed by atoms with Crippen LogP contribution in [0, 0.1) is 0 Å². The minimum absolute atomic E-state index is 0.921. The first-order valence-corrected chi connectivity index (χ1v) is 10.2. The number of aliphatic imine (C=N–C) groups is 2. The van der Waals surface area contributed by atoms with Crippen LogP contribution >= 0.6 is 11.3 Å². The topological polar surface area (TPSA) is 31.2 Å². The first-order chi connectivity index (χ1) is 12.9. The smallest absolute Gasteiger partial charge is 0.104 e. The minimum Gasteiger partial charge on any atom is -0.366 e. The maximum Gasteiger partial charge on any atom is 0.104 e. The van der Waals surface area contributed by atoms with Gasteiger partial charge in [0.05, 0.1) is 11.4 Å². The van der Waals surface area contributed by atoms with Crippen LogP contribution in [0.25, 0.3) is 20.2 Å². The number of rotatable bonds is 4. The summed E-state index contributed by atoms with van der Waals surface area (Å²) in [5.74, 6) is 2.17. The fourth-order valence-corrected chi connectivity index (χ4v) is 4.35. The highest BCUT2D eigenvalue weighted by Crippen LogP contribution is 2.37. The van der Waals surface area contributed by atoms with Crippen molar-refractivity contribution in [3.63, 3.8) is 0 Å². The molecule has 3 aromatic rings. The highest BCUT2D eigenvalue weighted by Gasteiger charge is 2.08. The minimum atomic E-state index is 0.921. The molecule has 0 atom stereocenters. The molecule has 142 valence electrons. The molecule has 0 fully saturated rings. The van der Waals surface area contributed by atoms with Gasteiger partial charge in [-0.25, -0.2) is 9.98 Å². The van der Waals surface area contributed by atoms with Crippen LogP contribution in [-0.4, -0.2) is 49.7 Å². The molecule has 0 saturated heterocycles. The van der Waals surface area contributed by atoms with E-state index in [1.165, 1.54) is 20.2 Å². The summed E-state index contributed by atoms with van der Waals surface area (Å²) in [6.07, 6.45) is 1.84. The molecule has 4 nitrogen and oxygen atoms in total. The van der Waals surface area contributed by atoms with Crippen LogP contribution in [0.5, 0.6) is 0 Å². The summed E-state index contributed by atoms with van der Waals surface area (Å²) in [4.78, 5) is 13.8. The fourth-order valence-electron chi connectivity index (χ4n) is 3.18. The van der Waals surface area contributed by atoms with Crippen molar-refractivity contribution in [3.05, 3.63) is 36.4 Å². The Balaban J connectivity index is 2.05. The third-order valence-electron chi connectivity index (χ3n) is 4.62. The Morgan fingerprint density at radius 3 is 1.48 bits per heavy atom. The number of fused-ring (bicyclic) bond motifs is 3. The lowest BCUT2D eigenvalue weighted by atomic mass is 10.1. The average molecular weight is 381 g/mol. The van der Waals surface area contributed by atoms with Gasteiger partial charge in [-0.1, -0.05) is 26.0 Å². The molecule has 0 aliphatic carbocycles. The Morgan fingerprint density at radius 1 is 0.741 bits per heavy atom. The van der Waals surface area contributed by atoms with Gasteiger partial charge in [-0.15, -0.1) is 11.3 Å². The fraction of sp³-hybridized carbons (Fsp3) is 0.364. The summed E-state index contributed by atoms with van der Waals surface area (Å²) in [5.41, 5.74) is 2.03. The van der Waals surface area contributed by atoms with E-state index < -0.39 is 0 Å². The predicted octanol–water partition coefficient (Wildman–Crippen LogP) is 6.06. The maximum absolute atomic E-state index is 4.81. The van der Waals surface area contributed by atoms with E-state index in [2.05, 4.69) is 60.0 Å². The van der Waals surface area contributed by atoms with Gasteiger partial charge < -0.3 is 9.80 Å². The summed E-state index contributed by atoms with van der Waals surface area (Å²) in [7, 11) is 8.17. The second-order valence-electron chi connectivity index (χ2n) is 7.02. The van der Waals surface area contributed by atoms with Gasteiger partial charge in [-0.3, -0.25) is 0 Å². The zero-order chi connectivity index (χ0) is 19.6. The van der Waals surface area contributed by atoms with Gasteiger partial charge in [-0.05, 0) is 24.3 Å². The molecule has 0 amide bonds. The first kappa shape index (κ1) is 19.4. The highest BCUT2D eigenvalue weighted by atomic mass is 32.1. The van der Waals surface area contributed by atoms with Crippen molar-refractivity contribution < 1.29 is 0 Å². The lowest BCUT2D eigenvalue weighted by Gasteiger charge is -2.13. The molecule has 3 rings (SSSR count). The Bertz CT molecular complexity index is 931. The van der Waals surface area contributed by atoms with E-state index in [-0.39, 0.29) is 0 Å². The SMILES string of the molecule is CCC(=Nc1ccc2c(c1)sc1cc(N=C(CC)N(C)C)ccc12)N(C)C. The van der Waals surface area contributed by atoms with Gasteiger partial charge in [0.2, 0.25) is 0 Å². The number of thiophene rings is 1. The van der Waals surface area contributed by atoms with Crippen molar-refractivity contribution in [3.8, 4) is 0 Å². The Labute approximate surface area is 165 Å². The normalized spacial score (nSPS) is 12.8. The molecule has 1 heterocycles. The van der Waals surface area contributed by atoms with Crippen molar-refractivity contribution >= 4 is 54.6 Å². The quantitative estimate of drug-likeness (QED) is 0.407. The lowest BCUT2D eigenvalue weighted by Crippen LogP contribution is -2.20. The molecule has 0 aliphatic heterocycles. The van der Waals surface area contributed by atoms with Gasteiger partial charge in [0.15, 0.2) is 0 Å². The zero-order valence-corrected chi connectivity index (χ0v) is 17.9. The van der Waals surface area contributed by atoms with E-state index in [0.29, 0.717) is 0 Å². The third-order valence-corrected chi connectivity index (χ3v) is 5.74. The van der Waals surface area contributed by atoms with Crippen LogP contribution in [0.15, 0.2) is 46.4 Å². The van der Waals surface area contributed by atoms with Crippen molar-refractivity contribution in [2.24, 2.45) is 9.98 Å². The molecule has 27 heavy (non-hydrogen) atoms. The summed E-state index contributed by atoms with van der Waals surface area (Å²) < 4.78 is 2.54. The van der Waals surface area contributed by atoms with E-state index in [9.17, 15) is 0 Å². The van der Waals surface area contributed by atoms with Gasteiger partial charge in [-0.2, -0.15) is 0 Å². The van der Waals surface area contributed by atoms with Crippen molar-refractivity contribution in [2.75, 3.05) is 28.2 Å². The molecular formula is C22H28N4S. The largest absolute Gasteiger partial charge is 0.366 e. The second kappa shape index (κ2) is 8.09. The standard InChI is InChI=1S/C22H28N4S/c1-7-21(25(3)4)23-15-9-11-17-18-12-10-16(24-22(8-2)26(5)6)14-20(18)27-19(17)13-15/h9-14H,7-8H2,1-6H3. The van der Waals surface area contributed by atoms with Crippen molar-refractivity contribution in [2.45, 2.75) is 26.7 Å². The van der Waals surface area contributed by atoms with Gasteiger partial charge in [0, 0.05) is 61.2 Å². The number of amidine groups is 2. The molecule has 0 saturated carbocycles. The number of hydrogen-bond donors (Lipinski definition) is 0. The van der Waals surface area contributed by atoms with E-state index in [1.54, 1.807) is 0 Å². The lowest BCUT2D eigenvalue weighted by molar-refractivity contribution is 0.608. The maximum atomic E-state index is 4.81. The third kappa shape index (κ3) is 4.14. The van der Waals surface area contributed by atoms with Gasteiger partial charge >= 0.3 is 0 Å². The summed E-state index contributed by atoms with van der Waals surface area (Å²) in [5, 5.41) is 2.58. The average Bonchev–Trinajstić information content (AvgIpc) is 3.00. The summed E-state index contributed by atoms with van der Waals surface area (Å²) >= 11 is 1.81. The summed E-state index contributed by atoms with van der Waals surface area (Å²) in [6, 6.07) is 13.0. The Hall–Kier alpha value is -2.40. The van der Waals surface area contributed by atoms with E-state index in [0.717, 1.165) is 35.9 Å². The number of benzene rings is 2. The van der Waals surface area contributed by atoms with Gasteiger partial charge in [0.25, 0.3) is 0 Å². The van der Waals surface area contributed by atoms with Crippen LogP contribution in [0.4, 0.5) is 11.4 Å². The molecule has 2 aromatic carbocycles. The van der Waals surface area contributed by atoms with Gasteiger partial charge in [0.1, 0.15) is 11.7 Å². The zero-order valence-electron chi connectivity index (χ0n) is 17.1. The Morgan fingerprint density at radius 2 is 1.15 bits per heavy atom. The van der Waals surface area contributed by atoms with E-state index in [4.69, 9.17) is 9.98 Å². The van der Waals surface area contributed by atoms with Crippen LogP contribution in [0.1, 0.15) is 26.7 Å². The van der Waals surface area contributed by atoms with E-state index in [1.807, 2.05) is 39.5 Å². The Kier molecular flexibility index (Phi) is 5.80. The number of nitrogens with zero attached hydrogens (tertiary/aromatic N) is 4. The highest BCUT2D eigenvalue weighted by molar-refractivity contribution is 7.25. The summed E-state index contributed by atoms with van der Waals surface area (Å²) in [6.45, 7) is 4.27. The van der Waals surface area contributed by atoms with Crippen molar-refractivity contribution in [1.82, 2.24) is 9.80 Å². The monoisotopic (exact) mass is 380 g/mol. The first-order valence-electron chi connectivity index (χ1n) is 9.39. The predicted molar refractivity (Wildman–Crippen MR) is 121 cm³/mol. The van der Waals surface area contributed by atoms with Crippen LogP contribution in [0.3, 0.4) is 0 Å². The molecule has 0 radical (unpaired) electrons. The molecule has 0 N–H and O–H groups in total. The van der Waals surface area contributed by atoms with Crippen LogP contribution < -0.4 is 0 Å². The molecular weight excluding hydrogens is 352 g/mol. The molecule has 0 bridgehead atoms. The molecule has 0 unspecified atom stereocenters. The second-order valence-corrected chi connectivity index (χ2v) is 8.10. The van der Waals surface area contributed by atoms with E-state index >= 15 is 0 Å². The number of hydrogen-bond acceptors (Lipinski definition) is 3. The van der Waals surface area contributed by atoms with Crippen LogP contribution in [0.2, 0.25) is 0 Å². The van der Waals surface area contributed by atoms with Crippen molar-refractivity contribution in [1.29, 1.82) is 0 Å². The molecule has 0 spiro atoms.